The van der Waals surface area contributed by atoms with Crippen LogP contribution < -0.4 is 9.30 Å². The number of fused-ring (bicyclic) bond motifs is 3. The molecule has 5 heteroatoms. The van der Waals surface area contributed by atoms with E-state index in [0.29, 0.717) is 0 Å². The predicted molar refractivity (Wildman–Crippen MR) is 349 cm³/mol. The van der Waals surface area contributed by atoms with Crippen LogP contribution in [0.1, 0.15) is 128 Å². The van der Waals surface area contributed by atoms with Gasteiger partial charge in [0.05, 0.1) is 33.8 Å². The van der Waals surface area contributed by atoms with E-state index in [9.17, 15) is 0 Å². The van der Waals surface area contributed by atoms with Crippen LogP contribution in [0.2, 0.25) is 0 Å². The number of pyridine rings is 1. The van der Waals surface area contributed by atoms with E-state index < -0.39 is 16.2 Å². The van der Waals surface area contributed by atoms with E-state index in [2.05, 4.69) is 340 Å². The molecule has 0 N–H and O–H groups in total. The number of ether oxygens (including phenoxy) is 1. The summed E-state index contributed by atoms with van der Waals surface area (Å²) in [4.78, 5) is 5.07. The summed E-state index contributed by atoms with van der Waals surface area (Å²) < 4.78 is 14.4. The van der Waals surface area contributed by atoms with Crippen LogP contribution in [-0.4, -0.2) is 14.1 Å². The van der Waals surface area contributed by atoms with Gasteiger partial charge in [0.25, 0.3) is 6.33 Å². The van der Waals surface area contributed by atoms with Crippen molar-refractivity contribution in [1.29, 1.82) is 0 Å². The minimum Gasteiger partial charge on any atom is -0.458 e. The highest BCUT2D eigenvalue weighted by Crippen LogP contribution is 2.45. The number of benzene rings is 9. The molecule has 3 aromatic heterocycles. The molecule has 3 heterocycles. The Morgan fingerprint density at radius 1 is 0.381 bits per heavy atom. The minimum absolute atomic E-state index is 0.0757. The summed E-state index contributed by atoms with van der Waals surface area (Å²) in [5, 5.41) is 2.27. The van der Waals surface area contributed by atoms with Gasteiger partial charge in [-0.2, -0.15) is 0 Å². The number of hydrogen-bond acceptors (Lipinski definition) is 2. The molecule has 0 atom stereocenters. The van der Waals surface area contributed by atoms with Crippen molar-refractivity contribution >= 4 is 21.8 Å². The lowest BCUT2D eigenvalue weighted by Crippen LogP contribution is -2.43. The van der Waals surface area contributed by atoms with Gasteiger partial charge in [0.1, 0.15) is 17.3 Å². The maximum Gasteiger partial charge on any atom is 0.269 e. The molecule has 5 nitrogen and oxygen atoms in total. The fraction of sp³-hybridized carbons (Fsp3) is 0.215. The van der Waals surface area contributed by atoms with Crippen molar-refractivity contribution in [3.63, 3.8) is 0 Å². The first-order chi connectivity index (χ1) is 40.2. The molecule has 0 aliphatic carbocycles. The van der Waals surface area contributed by atoms with Gasteiger partial charge in [0.2, 0.25) is 0 Å². The fourth-order valence-corrected chi connectivity index (χ4v) is 12.3. The molecular weight excluding hydrogens is 1020 g/mol. The monoisotopic (exact) mass is 1100 g/mol. The Morgan fingerprint density at radius 3 is 1.54 bits per heavy atom. The fourth-order valence-electron chi connectivity index (χ4n) is 12.3. The topological polar surface area (TPSA) is 35.9 Å². The zero-order chi connectivity index (χ0) is 58.8. The molecule has 418 valence electrons. The van der Waals surface area contributed by atoms with Gasteiger partial charge in [-0.15, -0.1) is 0 Å². The van der Waals surface area contributed by atoms with Crippen molar-refractivity contribution in [2.45, 2.75) is 110 Å². The molecule has 12 aromatic rings. The van der Waals surface area contributed by atoms with Crippen LogP contribution in [0.3, 0.4) is 0 Å². The smallest absolute Gasteiger partial charge is 0.269 e. The second-order valence-electron chi connectivity index (χ2n) is 26.4. The van der Waals surface area contributed by atoms with Crippen molar-refractivity contribution in [1.82, 2.24) is 14.1 Å². The highest BCUT2D eigenvalue weighted by atomic mass is 16.5. The average Bonchev–Trinajstić information content (AvgIpc) is 2.45. The van der Waals surface area contributed by atoms with Crippen molar-refractivity contribution in [2.75, 3.05) is 0 Å². The lowest BCUT2D eigenvalue weighted by Gasteiger charge is -2.35. The first-order valence-corrected chi connectivity index (χ1v) is 29.6. The Kier molecular flexibility index (Phi) is 14.1. The Bertz CT molecular complexity index is 4340. The van der Waals surface area contributed by atoms with E-state index in [0.717, 1.165) is 78.6 Å². The summed E-state index contributed by atoms with van der Waals surface area (Å²) in [6, 6.07) is 85.8. The Morgan fingerprint density at radius 2 is 0.940 bits per heavy atom. The summed E-state index contributed by atoms with van der Waals surface area (Å²) in [6.45, 7) is 27.8. The molecule has 0 saturated heterocycles. The molecule has 0 spiro atoms. The molecule has 0 bridgehead atoms. The predicted octanol–water partition coefficient (Wildman–Crippen LogP) is 19.7. The van der Waals surface area contributed by atoms with Crippen molar-refractivity contribution in [2.24, 2.45) is 0 Å². The van der Waals surface area contributed by atoms with Crippen molar-refractivity contribution in [3.8, 4) is 50.9 Å². The normalized spacial score (nSPS) is 12.5. The maximum absolute atomic E-state index is 7.40. The summed E-state index contributed by atoms with van der Waals surface area (Å²) in [6.07, 6.45) is 6.11. The number of hydrogen-bond donors (Lipinski definition) is 0. The molecule has 9 aromatic carbocycles. The lowest BCUT2D eigenvalue weighted by molar-refractivity contribution is -0.611. The molecular formula is C79H76N4O. The zero-order valence-corrected chi connectivity index (χ0v) is 50.8. The second-order valence-corrected chi connectivity index (χ2v) is 26.4. The van der Waals surface area contributed by atoms with Crippen LogP contribution in [0.5, 0.6) is 11.5 Å². The van der Waals surface area contributed by atoms with E-state index in [-0.39, 0.29) is 10.8 Å². The van der Waals surface area contributed by atoms with E-state index in [1.54, 1.807) is 0 Å². The molecule has 0 saturated carbocycles. The molecule has 0 fully saturated rings. The van der Waals surface area contributed by atoms with E-state index in [1.165, 1.54) is 38.9 Å². The summed E-state index contributed by atoms with van der Waals surface area (Å²) in [7, 11) is 0. The van der Waals surface area contributed by atoms with Crippen LogP contribution in [0.15, 0.2) is 243 Å². The largest absolute Gasteiger partial charge is 0.458 e. The van der Waals surface area contributed by atoms with Gasteiger partial charge in [0, 0.05) is 39.3 Å². The second kappa shape index (κ2) is 21.3. The lowest BCUT2D eigenvalue weighted by atomic mass is 9.73. The Labute approximate surface area is 497 Å². The summed E-state index contributed by atoms with van der Waals surface area (Å²) in [5.41, 5.74) is 16.4. The quantitative estimate of drug-likeness (QED) is 0.0852. The maximum atomic E-state index is 7.40. The van der Waals surface area contributed by atoms with Crippen LogP contribution in [0.4, 0.5) is 0 Å². The number of nitrogens with zero attached hydrogens (tertiary/aromatic N) is 4. The molecule has 84 heavy (non-hydrogen) atoms. The third kappa shape index (κ3) is 10.4. The number of aromatic nitrogens is 4. The highest BCUT2D eigenvalue weighted by Gasteiger charge is 2.41. The van der Waals surface area contributed by atoms with Gasteiger partial charge in [-0.05, 0) is 133 Å². The van der Waals surface area contributed by atoms with Crippen molar-refractivity contribution < 1.29 is 9.30 Å². The van der Waals surface area contributed by atoms with Crippen LogP contribution >= 0.6 is 0 Å². The Hall–Kier alpha value is -9.06. The van der Waals surface area contributed by atoms with Crippen LogP contribution in [0, 0.1) is 6.33 Å². The Balaban J connectivity index is 1.13. The average molecular weight is 1100 g/mol. The number of imidazole rings is 1. The van der Waals surface area contributed by atoms with E-state index in [4.69, 9.17) is 9.72 Å². The molecule has 0 radical (unpaired) electrons. The van der Waals surface area contributed by atoms with Crippen molar-refractivity contribution in [3.05, 3.63) is 294 Å². The molecule has 0 unspecified atom stereocenters. The van der Waals surface area contributed by atoms with Gasteiger partial charge in [-0.3, -0.25) is 13.7 Å². The van der Waals surface area contributed by atoms with E-state index in [1.807, 2.05) is 6.20 Å². The van der Waals surface area contributed by atoms with Gasteiger partial charge in [-0.1, -0.05) is 247 Å². The minimum atomic E-state index is -0.558. The van der Waals surface area contributed by atoms with Gasteiger partial charge >= 0.3 is 0 Å². The van der Waals surface area contributed by atoms with Gasteiger partial charge in [0.15, 0.2) is 0 Å². The van der Waals surface area contributed by atoms with Gasteiger partial charge < -0.3 is 4.74 Å². The molecule has 12 rings (SSSR count). The molecule has 0 aliphatic rings. The first kappa shape index (κ1) is 55.5. The first-order valence-electron chi connectivity index (χ1n) is 29.6. The van der Waals surface area contributed by atoms with E-state index >= 15 is 0 Å². The third-order valence-corrected chi connectivity index (χ3v) is 17.5. The third-order valence-electron chi connectivity index (χ3n) is 17.5. The summed E-state index contributed by atoms with van der Waals surface area (Å²) >= 11 is 0. The molecule has 0 aliphatic heterocycles. The highest BCUT2D eigenvalue weighted by molar-refractivity contribution is 6.10. The van der Waals surface area contributed by atoms with Crippen LogP contribution in [-0.2, 0) is 27.1 Å². The SMILES string of the molecule is CC(C)(C)c1cc(-c2ccccc2)cc(-[n+]2[c-]n(-c3cc(Oc4ccc5c6cc(-c7ccccc7)ccc6n(-c6cc(C(C)(C)C)ccn6)c5c4)cc(C(C)(C)c4ccccc4)c3)c(C(C)(C)c3ccccc3)c2C(C)(C)c2ccccc2)c1. The molecule has 0 amide bonds. The zero-order valence-electron chi connectivity index (χ0n) is 50.8. The number of rotatable bonds is 13. The van der Waals surface area contributed by atoms with Gasteiger partial charge in [-0.25, -0.2) is 4.98 Å². The standard InChI is InChI=1S/C79H76N4O/c1-75(2,3)61-42-43-80-72(50-61)83-70-41-38-56(54-28-18-13-19-29-54)46-69(70)68-40-39-66(52-71(68)83)84-67-49-63(77(7,8)58-32-22-15-23-33-58)48-65(51-67)82-53-81(64-45-57(55-30-20-14-21-31-55)44-62(47-64)76(4,5)6)73(78(9,10)59-34-24-16-25-35-59)74(82)79(11,12)60-36-26-17-27-37-60/h13-52H,1-12H3. The summed E-state index contributed by atoms with van der Waals surface area (Å²) in [5.74, 6) is 2.30. The van der Waals surface area contributed by atoms with Crippen LogP contribution in [0.25, 0.3) is 61.3 Å².